The lowest BCUT2D eigenvalue weighted by Gasteiger charge is -2.24. The number of hydrogen-bond donors (Lipinski definition) is 0. The van der Waals surface area contributed by atoms with Gasteiger partial charge in [-0.25, -0.2) is 0 Å². The van der Waals surface area contributed by atoms with E-state index in [0.29, 0.717) is 0 Å². The van der Waals surface area contributed by atoms with Crippen LogP contribution in [0.25, 0.3) is 0 Å². The Bertz CT molecular complexity index is 265. The van der Waals surface area contributed by atoms with Gasteiger partial charge in [-0.05, 0) is 54.8 Å². The Morgan fingerprint density at radius 2 is 1.77 bits per heavy atom. The van der Waals surface area contributed by atoms with Crippen molar-refractivity contribution in [1.82, 2.24) is 0 Å². The molecule has 0 heterocycles. The first kappa shape index (κ1) is 7.09. The summed E-state index contributed by atoms with van der Waals surface area (Å²) in [6.07, 6.45) is 12.9. The van der Waals surface area contributed by atoms with Gasteiger partial charge in [-0.2, -0.15) is 0 Å². The molecule has 0 radical (unpaired) electrons. The first-order chi connectivity index (χ1) is 6.43. The van der Waals surface area contributed by atoms with Gasteiger partial charge in [0.2, 0.25) is 0 Å². The van der Waals surface area contributed by atoms with Crippen LogP contribution >= 0.6 is 0 Å². The van der Waals surface area contributed by atoms with Crippen LogP contribution in [0.5, 0.6) is 0 Å². The largest absolute Gasteiger partial charge is 0.0848 e. The fraction of sp³-hybridized carbons (Fsp3) is 0.846. The average molecular weight is 174 g/mol. The van der Waals surface area contributed by atoms with Gasteiger partial charge in [-0.15, -0.1) is 0 Å². The zero-order valence-corrected chi connectivity index (χ0v) is 8.15. The van der Waals surface area contributed by atoms with Crippen molar-refractivity contribution in [2.75, 3.05) is 0 Å². The maximum atomic E-state index is 2.55. The summed E-state index contributed by atoms with van der Waals surface area (Å²) in [6, 6.07) is 0. The second kappa shape index (κ2) is 2.21. The first-order valence-electron chi connectivity index (χ1n) is 6.12. The lowest BCUT2D eigenvalue weighted by atomic mass is 9.80. The van der Waals surface area contributed by atoms with E-state index in [1.165, 1.54) is 6.42 Å². The lowest BCUT2D eigenvalue weighted by molar-refractivity contribution is 0.278. The van der Waals surface area contributed by atoms with Crippen molar-refractivity contribution in [2.45, 2.75) is 32.1 Å². The molecule has 0 N–H and O–H groups in total. The van der Waals surface area contributed by atoms with Crippen LogP contribution in [-0.4, -0.2) is 0 Å². The second-order valence-electron chi connectivity index (χ2n) is 5.78. The number of hydrogen-bond acceptors (Lipinski definition) is 0. The molecular weight excluding hydrogens is 156 g/mol. The predicted octanol–water partition coefficient (Wildman–Crippen LogP) is 3.24. The SMILES string of the molecule is C1=CC2CC1C1CC3CCCC3C21. The number of allylic oxidation sites excluding steroid dienone is 2. The molecule has 4 rings (SSSR count). The molecule has 3 saturated carbocycles. The molecule has 0 amide bonds. The van der Waals surface area contributed by atoms with E-state index in [1.54, 1.807) is 25.7 Å². The van der Waals surface area contributed by atoms with Gasteiger partial charge in [-0.1, -0.05) is 25.0 Å². The molecule has 0 saturated heterocycles. The highest BCUT2D eigenvalue weighted by Crippen LogP contribution is 2.63. The zero-order valence-electron chi connectivity index (χ0n) is 8.15. The van der Waals surface area contributed by atoms with Crippen molar-refractivity contribution in [1.29, 1.82) is 0 Å². The van der Waals surface area contributed by atoms with Crippen LogP contribution in [0.1, 0.15) is 32.1 Å². The van der Waals surface area contributed by atoms with E-state index in [0.717, 1.165) is 35.5 Å². The smallest absolute Gasteiger partial charge is 0.0194 e. The molecule has 3 fully saturated rings. The third-order valence-corrected chi connectivity index (χ3v) is 5.48. The fourth-order valence-corrected chi connectivity index (χ4v) is 5.14. The Hall–Kier alpha value is -0.260. The summed E-state index contributed by atoms with van der Waals surface area (Å²) >= 11 is 0. The lowest BCUT2D eigenvalue weighted by Crippen LogP contribution is -2.19. The molecule has 6 atom stereocenters. The van der Waals surface area contributed by atoms with Crippen molar-refractivity contribution < 1.29 is 0 Å². The van der Waals surface area contributed by atoms with Crippen LogP contribution in [0.15, 0.2) is 12.2 Å². The molecule has 4 aliphatic rings. The van der Waals surface area contributed by atoms with Crippen molar-refractivity contribution in [3.05, 3.63) is 12.2 Å². The summed E-state index contributed by atoms with van der Waals surface area (Å²) in [4.78, 5) is 0. The molecule has 0 nitrogen and oxygen atoms in total. The zero-order chi connectivity index (χ0) is 8.41. The molecule has 0 aromatic heterocycles. The molecule has 0 aromatic carbocycles. The Morgan fingerprint density at radius 1 is 0.846 bits per heavy atom. The molecule has 6 unspecified atom stereocenters. The molecular formula is C13H18. The van der Waals surface area contributed by atoms with Crippen LogP contribution in [0.4, 0.5) is 0 Å². The number of rotatable bonds is 0. The van der Waals surface area contributed by atoms with Gasteiger partial charge < -0.3 is 0 Å². The molecule has 4 aliphatic carbocycles. The van der Waals surface area contributed by atoms with Crippen LogP contribution in [0.3, 0.4) is 0 Å². The van der Waals surface area contributed by atoms with Crippen molar-refractivity contribution >= 4 is 0 Å². The van der Waals surface area contributed by atoms with Crippen molar-refractivity contribution in [2.24, 2.45) is 35.5 Å². The molecule has 2 bridgehead atoms. The predicted molar refractivity (Wildman–Crippen MR) is 53.2 cm³/mol. The van der Waals surface area contributed by atoms with Gasteiger partial charge in [0.1, 0.15) is 0 Å². The van der Waals surface area contributed by atoms with E-state index in [4.69, 9.17) is 0 Å². The summed E-state index contributed by atoms with van der Waals surface area (Å²) in [5.41, 5.74) is 0. The average Bonchev–Trinajstić information content (AvgIpc) is 2.79. The standard InChI is InChI=1S/C13H18/c1-2-8-7-12-9-4-5-10(6-9)13(12)11(8)3-1/h4-5,8-13H,1-3,6-7H2. The van der Waals surface area contributed by atoms with Crippen LogP contribution < -0.4 is 0 Å². The van der Waals surface area contributed by atoms with Gasteiger partial charge in [0, 0.05) is 0 Å². The molecule has 0 aliphatic heterocycles. The van der Waals surface area contributed by atoms with Crippen LogP contribution in [0, 0.1) is 35.5 Å². The minimum absolute atomic E-state index is 1.01. The Kier molecular flexibility index (Phi) is 1.21. The topological polar surface area (TPSA) is 0 Å². The minimum atomic E-state index is 1.01. The Labute approximate surface area is 80.4 Å². The van der Waals surface area contributed by atoms with E-state index in [9.17, 15) is 0 Å². The minimum Gasteiger partial charge on any atom is -0.0848 e. The Morgan fingerprint density at radius 3 is 2.77 bits per heavy atom. The Balaban J connectivity index is 1.73. The normalized spacial score (nSPS) is 61.5. The van der Waals surface area contributed by atoms with E-state index in [1.807, 2.05) is 0 Å². The van der Waals surface area contributed by atoms with Crippen molar-refractivity contribution in [3.63, 3.8) is 0 Å². The highest BCUT2D eigenvalue weighted by atomic mass is 14.6. The summed E-state index contributed by atoms with van der Waals surface area (Å²) in [5, 5.41) is 0. The highest BCUT2D eigenvalue weighted by Gasteiger charge is 2.55. The molecule has 70 valence electrons. The van der Waals surface area contributed by atoms with Gasteiger partial charge in [-0.3, -0.25) is 0 Å². The van der Waals surface area contributed by atoms with E-state index in [-0.39, 0.29) is 0 Å². The summed E-state index contributed by atoms with van der Waals surface area (Å²) in [5.74, 6) is 6.61. The van der Waals surface area contributed by atoms with Gasteiger partial charge in [0.05, 0.1) is 0 Å². The van der Waals surface area contributed by atoms with Crippen LogP contribution in [0.2, 0.25) is 0 Å². The second-order valence-corrected chi connectivity index (χ2v) is 5.78. The maximum Gasteiger partial charge on any atom is -0.0194 e. The van der Waals surface area contributed by atoms with Gasteiger partial charge in [0.15, 0.2) is 0 Å². The first-order valence-corrected chi connectivity index (χ1v) is 6.12. The fourth-order valence-electron chi connectivity index (χ4n) is 5.14. The van der Waals surface area contributed by atoms with E-state index < -0.39 is 0 Å². The van der Waals surface area contributed by atoms with Gasteiger partial charge in [0.25, 0.3) is 0 Å². The summed E-state index contributed by atoms with van der Waals surface area (Å²) in [6.45, 7) is 0. The van der Waals surface area contributed by atoms with E-state index in [2.05, 4.69) is 12.2 Å². The summed E-state index contributed by atoms with van der Waals surface area (Å²) in [7, 11) is 0. The molecule has 0 aromatic rings. The molecule has 0 spiro atoms. The molecule has 0 heteroatoms. The summed E-state index contributed by atoms with van der Waals surface area (Å²) < 4.78 is 0. The monoisotopic (exact) mass is 174 g/mol. The van der Waals surface area contributed by atoms with Crippen molar-refractivity contribution in [3.8, 4) is 0 Å². The maximum absolute atomic E-state index is 2.55. The van der Waals surface area contributed by atoms with Gasteiger partial charge >= 0.3 is 0 Å². The third kappa shape index (κ3) is 0.742. The van der Waals surface area contributed by atoms with Crippen LogP contribution in [-0.2, 0) is 0 Å². The number of fused-ring (bicyclic) bond motifs is 7. The molecule has 13 heavy (non-hydrogen) atoms. The quantitative estimate of drug-likeness (QED) is 0.494. The highest BCUT2D eigenvalue weighted by molar-refractivity contribution is 5.18. The van der Waals surface area contributed by atoms with E-state index >= 15 is 0 Å². The third-order valence-electron chi connectivity index (χ3n) is 5.48.